The van der Waals surface area contributed by atoms with Gasteiger partial charge in [-0.1, -0.05) is 11.6 Å². The summed E-state index contributed by atoms with van der Waals surface area (Å²) in [5, 5.41) is 3.58. The molecule has 0 heterocycles. The highest BCUT2D eigenvalue weighted by Crippen LogP contribution is 2.44. The van der Waals surface area contributed by atoms with Crippen molar-refractivity contribution in [1.29, 1.82) is 0 Å². The van der Waals surface area contributed by atoms with Gasteiger partial charge in [-0.15, -0.1) is 0 Å². The second-order valence-corrected chi connectivity index (χ2v) is 5.82. The quantitative estimate of drug-likeness (QED) is 0.822. The van der Waals surface area contributed by atoms with E-state index in [4.69, 9.17) is 17.3 Å². The van der Waals surface area contributed by atoms with Gasteiger partial charge in [-0.2, -0.15) is 0 Å². The molecule has 2 aliphatic carbocycles. The van der Waals surface area contributed by atoms with Crippen molar-refractivity contribution < 1.29 is 4.79 Å². The van der Waals surface area contributed by atoms with E-state index in [2.05, 4.69) is 5.32 Å². The summed E-state index contributed by atoms with van der Waals surface area (Å²) in [6.07, 6.45) is 4.99. The molecule has 2 aliphatic rings. The van der Waals surface area contributed by atoms with E-state index in [9.17, 15) is 4.79 Å². The molecule has 0 spiro atoms. The Morgan fingerprint density at radius 2 is 1.89 bits per heavy atom. The molecule has 4 heteroatoms. The van der Waals surface area contributed by atoms with Crippen LogP contribution in [0.15, 0.2) is 18.2 Å². The second-order valence-electron chi connectivity index (χ2n) is 5.41. The van der Waals surface area contributed by atoms with Crippen LogP contribution in [-0.2, 0) is 0 Å². The molecule has 3 nitrogen and oxygen atoms in total. The Bertz CT molecular complexity index is 469. The molecule has 0 atom stereocenters. The van der Waals surface area contributed by atoms with E-state index in [1.807, 2.05) is 0 Å². The number of amides is 1. The Morgan fingerprint density at radius 1 is 1.28 bits per heavy atom. The van der Waals surface area contributed by atoms with Gasteiger partial charge in [0.25, 0.3) is 5.91 Å². The lowest BCUT2D eigenvalue weighted by Crippen LogP contribution is -2.38. The number of carbonyl (C=O) groups is 1. The van der Waals surface area contributed by atoms with Crippen molar-refractivity contribution >= 4 is 23.2 Å². The Hall–Kier alpha value is -1.22. The fourth-order valence-corrected chi connectivity index (χ4v) is 2.75. The summed E-state index contributed by atoms with van der Waals surface area (Å²) < 4.78 is 0. The number of rotatable bonds is 4. The van der Waals surface area contributed by atoms with E-state index >= 15 is 0 Å². The summed E-state index contributed by atoms with van der Waals surface area (Å²) in [5.74, 6) is 1.31. The van der Waals surface area contributed by atoms with Gasteiger partial charge in [-0.05, 0) is 55.7 Å². The smallest absolute Gasteiger partial charge is 0.253 e. The highest BCUT2D eigenvalue weighted by atomic mass is 35.5. The van der Waals surface area contributed by atoms with E-state index in [1.54, 1.807) is 18.2 Å². The monoisotopic (exact) mass is 264 g/mol. The Labute approximate surface area is 112 Å². The van der Waals surface area contributed by atoms with E-state index in [1.165, 1.54) is 25.7 Å². The zero-order valence-corrected chi connectivity index (χ0v) is 10.9. The summed E-state index contributed by atoms with van der Waals surface area (Å²) in [6, 6.07) is 5.39. The largest absolute Gasteiger partial charge is 0.399 e. The summed E-state index contributed by atoms with van der Waals surface area (Å²) in [4.78, 5) is 12.2. The van der Waals surface area contributed by atoms with Crippen molar-refractivity contribution in [2.24, 2.45) is 11.8 Å². The van der Waals surface area contributed by atoms with Gasteiger partial charge >= 0.3 is 0 Å². The topological polar surface area (TPSA) is 55.1 Å². The maximum Gasteiger partial charge on any atom is 0.253 e. The fourth-order valence-electron chi connectivity index (χ4n) is 2.48. The highest BCUT2D eigenvalue weighted by molar-refractivity contribution is 6.34. The molecule has 18 heavy (non-hydrogen) atoms. The minimum atomic E-state index is -0.0659. The number of nitrogen functional groups attached to an aromatic ring is 1. The molecule has 1 amide bonds. The summed E-state index contributed by atoms with van der Waals surface area (Å²) in [5.41, 5.74) is 6.74. The molecule has 0 bridgehead atoms. The van der Waals surface area contributed by atoms with Crippen molar-refractivity contribution in [3.8, 4) is 0 Å². The third kappa shape index (κ3) is 2.46. The van der Waals surface area contributed by atoms with Crippen LogP contribution in [0.3, 0.4) is 0 Å². The lowest BCUT2D eigenvalue weighted by Gasteiger charge is -2.18. The third-order valence-corrected chi connectivity index (χ3v) is 4.11. The molecule has 0 aromatic heterocycles. The predicted octanol–water partition coefficient (Wildman–Crippen LogP) is 2.84. The second kappa shape index (κ2) is 4.47. The minimum Gasteiger partial charge on any atom is -0.399 e. The number of hydrogen-bond donors (Lipinski definition) is 2. The van der Waals surface area contributed by atoms with Crippen LogP contribution >= 0.6 is 11.6 Å². The summed E-state index contributed by atoms with van der Waals surface area (Å²) in [7, 11) is 0. The van der Waals surface area contributed by atoms with E-state index in [-0.39, 0.29) is 5.91 Å². The number of benzene rings is 1. The van der Waals surface area contributed by atoms with Gasteiger partial charge in [0.1, 0.15) is 0 Å². The number of hydrogen-bond acceptors (Lipinski definition) is 2. The van der Waals surface area contributed by atoms with Crippen molar-refractivity contribution in [2.45, 2.75) is 31.7 Å². The predicted molar refractivity (Wildman–Crippen MR) is 72.6 cm³/mol. The maximum absolute atomic E-state index is 12.2. The highest BCUT2D eigenvalue weighted by Gasteiger charge is 2.42. The lowest BCUT2D eigenvalue weighted by atomic mass is 10.1. The van der Waals surface area contributed by atoms with Gasteiger partial charge in [-0.3, -0.25) is 4.79 Å². The zero-order valence-electron chi connectivity index (χ0n) is 10.2. The molecule has 0 saturated heterocycles. The molecule has 0 unspecified atom stereocenters. The molecular weight excluding hydrogens is 248 g/mol. The van der Waals surface area contributed by atoms with Gasteiger partial charge in [0.2, 0.25) is 0 Å². The average Bonchev–Trinajstić information content (AvgIpc) is 3.17. The van der Waals surface area contributed by atoms with Gasteiger partial charge < -0.3 is 11.1 Å². The van der Waals surface area contributed by atoms with Gasteiger partial charge in [0.05, 0.1) is 10.6 Å². The van der Waals surface area contributed by atoms with Crippen molar-refractivity contribution in [1.82, 2.24) is 5.32 Å². The van der Waals surface area contributed by atoms with E-state index in [0.29, 0.717) is 34.2 Å². The average molecular weight is 265 g/mol. The minimum absolute atomic E-state index is 0.0659. The molecule has 3 N–H and O–H groups in total. The fraction of sp³-hybridized carbons (Fsp3) is 0.500. The zero-order chi connectivity index (χ0) is 12.7. The Balaban J connectivity index is 1.73. The number of halogens is 1. The first-order valence-electron chi connectivity index (χ1n) is 6.51. The van der Waals surface area contributed by atoms with Crippen LogP contribution in [0.1, 0.15) is 36.0 Å². The van der Waals surface area contributed by atoms with Crippen molar-refractivity contribution in [3.63, 3.8) is 0 Å². The molecule has 3 rings (SSSR count). The first-order chi connectivity index (χ1) is 8.65. The molecule has 96 valence electrons. The maximum atomic E-state index is 12.2. The molecule has 2 fully saturated rings. The third-order valence-electron chi connectivity index (χ3n) is 3.80. The lowest BCUT2D eigenvalue weighted by molar-refractivity contribution is 0.0926. The molecule has 2 saturated carbocycles. The number of nitrogens with two attached hydrogens (primary N) is 1. The standard InChI is InChI=1S/C14H17ClN2O/c15-12-7-10(16)5-6-11(12)14(18)17-13(8-1-2-8)9-3-4-9/h5-9,13H,1-4,16H2,(H,17,18). The van der Waals surface area contributed by atoms with Gasteiger partial charge in [-0.25, -0.2) is 0 Å². The molecular formula is C14H17ClN2O. The number of carbonyl (C=O) groups excluding carboxylic acids is 1. The first kappa shape index (κ1) is 11.8. The number of anilines is 1. The van der Waals surface area contributed by atoms with Crippen LogP contribution < -0.4 is 11.1 Å². The first-order valence-corrected chi connectivity index (χ1v) is 6.89. The van der Waals surface area contributed by atoms with Gasteiger partial charge in [0, 0.05) is 11.7 Å². The Kier molecular flexibility index (Phi) is 2.94. The molecule has 1 aromatic rings. The van der Waals surface area contributed by atoms with Crippen LogP contribution in [0, 0.1) is 11.8 Å². The SMILES string of the molecule is Nc1ccc(C(=O)NC(C2CC2)C2CC2)c(Cl)c1. The van der Waals surface area contributed by atoms with Crippen LogP contribution in [0.5, 0.6) is 0 Å². The Morgan fingerprint density at radius 3 is 2.39 bits per heavy atom. The van der Waals surface area contributed by atoms with Crippen molar-refractivity contribution in [2.75, 3.05) is 5.73 Å². The molecule has 1 aromatic carbocycles. The van der Waals surface area contributed by atoms with E-state index in [0.717, 1.165) is 0 Å². The van der Waals surface area contributed by atoms with Crippen LogP contribution in [0.2, 0.25) is 5.02 Å². The summed E-state index contributed by atoms with van der Waals surface area (Å²) >= 11 is 6.06. The van der Waals surface area contributed by atoms with E-state index < -0.39 is 0 Å². The van der Waals surface area contributed by atoms with Crippen LogP contribution in [0.4, 0.5) is 5.69 Å². The summed E-state index contributed by atoms with van der Waals surface area (Å²) in [6.45, 7) is 0. The molecule has 0 aliphatic heterocycles. The van der Waals surface area contributed by atoms with Crippen molar-refractivity contribution in [3.05, 3.63) is 28.8 Å². The number of nitrogens with one attached hydrogen (secondary N) is 1. The van der Waals surface area contributed by atoms with Crippen LogP contribution in [-0.4, -0.2) is 11.9 Å². The van der Waals surface area contributed by atoms with Crippen LogP contribution in [0.25, 0.3) is 0 Å². The normalized spacial score (nSPS) is 19.0. The molecule has 0 radical (unpaired) electrons. The van der Waals surface area contributed by atoms with Gasteiger partial charge in [0.15, 0.2) is 0 Å².